The molecule has 0 bridgehead atoms. The maximum Gasteiger partial charge on any atom is 0.417 e. The largest absolute Gasteiger partial charge is 0.443 e. The fraction of sp³-hybridized carbons (Fsp3) is 0.375. The van der Waals surface area contributed by atoms with Gasteiger partial charge in [-0.15, -0.1) is 0 Å². The van der Waals surface area contributed by atoms with Gasteiger partial charge in [0.2, 0.25) is 11.9 Å². The summed E-state index contributed by atoms with van der Waals surface area (Å²) in [5, 5.41) is 2.81. The van der Waals surface area contributed by atoms with Crippen LogP contribution < -0.4 is 11.1 Å². The number of amides is 3. The van der Waals surface area contributed by atoms with E-state index in [2.05, 4.69) is 43.8 Å². The van der Waals surface area contributed by atoms with E-state index >= 15 is 4.39 Å². The molecule has 3 N–H and O–H groups in total. The summed E-state index contributed by atoms with van der Waals surface area (Å²) < 4.78 is 22.3. The number of likely N-dealkylation sites (N-methyl/N-ethyl adjacent to an activating group) is 1. The molecule has 53 heavy (non-hydrogen) atoms. The van der Waals surface area contributed by atoms with Crippen molar-refractivity contribution in [2.24, 2.45) is 7.05 Å². The van der Waals surface area contributed by atoms with E-state index < -0.39 is 17.6 Å². The zero-order valence-electron chi connectivity index (χ0n) is 30.8. The Labute approximate surface area is 309 Å². The summed E-state index contributed by atoms with van der Waals surface area (Å²) >= 11 is 0. The summed E-state index contributed by atoms with van der Waals surface area (Å²) in [4.78, 5) is 53.5. The summed E-state index contributed by atoms with van der Waals surface area (Å²) in [6.45, 7) is 12.9. The van der Waals surface area contributed by atoms with E-state index in [0.29, 0.717) is 52.3 Å². The van der Waals surface area contributed by atoms with Crippen molar-refractivity contribution in [3.05, 3.63) is 94.1 Å². The quantitative estimate of drug-likeness (QED) is 0.257. The van der Waals surface area contributed by atoms with Crippen LogP contribution in [-0.2, 0) is 36.0 Å². The van der Waals surface area contributed by atoms with Crippen molar-refractivity contribution in [1.29, 1.82) is 0 Å². The number of imide groups is 1. The van der Waals surface area contributed by atoms with Gasteiger partial charge >= 0.3 is 6.09 Å². The number of benzene rings is 2. The standard InChI is InChI=1S/C40H45FN8O4/c1-6-47-16-18-48(19-17-47)25-29-12-13-30(22-32(29)41)44-35(50)21-27-9-7-8-26(20-27)10-11-28-24-43-38(42)45-36(28)34-23-31-33(46(34)5)14-15-49(37(31)51)39(52)53-40(2,3)4/h7-9,12-13,20,22-24H,6,14-19,21,25H2,1-5H3,(H,44,50)(H2,42,43,45). The van der Waals surface area contributed by atoms with Gasteiger partial charge < -0.3 is 25.3 Å². The van der Waals surface area contributed by atoms with Crippen molar-refractivity contribution < 1.29 is 23.5 Å². The molecule has 3 amide bonds. The van der Waals surface area contributed by atoms with Gasteiger partial charge in [0.15, 0.2) is 0 Å². The summed E-state index contributed by atoms with van der Waals surface area (Å²) in [6, 6.07) is 13.8. The number of anilines is 2. The molecule has 0 spiro atoms. The summed E-state index contributed by atoms with van der Waals surface area (Å²) in [6.07, 6.45) is 1.35. The third kappa shape index (κ3) is 8.90. The lowest BCUT2D eigenvalue weighted by atomic mass is 10.1. The predicted molar refractivity (Wildman–Crippen MR) is 200 cm³/mol. The molecule has 0 aliphatic carbocycles. The average molecular weight is 721 g/mol. The van der Waals surface area contributed by atoms with E-state index in [-0.39, 0.29) is 30.6 Å². The molecule has 6 rings (SSSR count). The minimum atomic E-state index is -0.741. The highest BCUT2D eigenvalue weighted by Crippen LogP contribution is 2.31. The van der Waals surface area contributed by atoms with Crippen LogP contribution in [0.4, 0.5) is 20.8 Å². The fourth-order valence-corrected chi connectivity index (χ4v) is 6.54. The van der Waals surface area contributed by atoms with Crippen molar-refractivity contribution in [2.45, 2.75) is 52.7 Å². The van der Waals surface area contributed by atoms with Gasteiger partial charge in [0.25, 0.3) is 5.91 Å². The van der Waals surface area contributed by atoms with Gasteiger partial charge in [0.05, 0.1) is 23.2 Å². The Morgan fingerprint density at radius 1 is 1.02 bits per heavy atom. The van der Waals surface area contributed by atoms with Crippen LogP contribution in [0.15, 0.2) is 54.7 Å². The molecule has 13 heteroatoms. The number of carbonyl (C=O) groups is 3. The Kier molecular flexibility index (Phi) is 10.9. The van der Waals surface area contributed by atoms with Gasteiger partial charge in [-0.25, -0.2) is 24.1 Å². The number of piperazine rings is 1. The average Bonchev–Trinajstić information content (AvgIpc) is 3.45. The minimum absolute atomic E-state index is 0.0411. The highest BCUT2D eigenvalue weighted by Gasteiger charge is 2.35. The molecular formula is C40H45FN8O4. The third-order valence-corrected chi connectivity index (χ3v) is 9.35. The molecule has 4 heterocycles. The van der Waals surface area contributed by atoms with E-state index in [0.717, 1.165) is 48.9 Å². The first-order valence-electron chi connectivity index (χ1n) is 17.8. The van der Waals surface area contributed by atoms with Crippen LogP contribution in [0.1, 0.15) is 66.0 Å². The zero-order chi connectivity index (χ0) is 37.9. The molecule has 12 nitrogen and oxygen atoms in total. The number of hydrogen-bond acceptors (Lipinski definition) is 9. The number of nitrogens with zero attached hydrogens (tertiary/aromatic N) is 6. The van der Waals surface area contributed by atoms with Gasteiger partial charge in [-0.2, -0.15) is 0 Å². The molecule has 2 aliphatic heterocycles. The smallest absolute Gasteiger partial charge is 0.417 e. The Hall–Kier alpha value is -5.58. The second-order valence-electron chi connectivity index (χ2n) is 14.3. The monoisotopic (exact) mass is 720 g/mol. The molecule has 2 aromatic carbocycles. The van der Waals surface area contributed by atoms with E-state index in [4.69, 9.17) is 10.5 Å². The number of carbonyl (C=O) groups excluding carboxylic acids is 3. The van der Waals surface area contributed by atoms with E-state index in [1.54, 1.807) is 39.0 Å². The third-order valence-electron chi connectivity index (χ3n) is 9.35. The number of hydrogen-bond donors (Lipinski definition) is 2. The van der Waals surface area contributed by atoms with Crippen LogP contribution in [0.3, 0.4) is 0 Å². The lowest BCUT2D eigenvalue weighted by Crippen LogP contribution is -2.45. The Bertz CT molecular complexity index is 2100. The first-order chi connectivity index (χ1) is 25.3. The number of fused-ring (bicyclic) bond motifs is 1. The molecule has 276 valence electrons. The second kappa shape index (κ2) is 15.6. The molecule has 2 aromatic heterocycles. The van der Waals surface area contributed by atoms with Crippen LogP contribution in [0.2, 0.25) is 0 Å². The maximum atomic E-state index is 15.0. The highest BCUT2D eigenvalue weighted by atomic mass is 19.1. The Morgan fingerprint density at radius 3 is 2.49 bits per heavy atom. The van der Waals surface area contributed by atoms with Gasteiger partial charge in [0, 0.05) is 81.4 Å². The lowest BCUT2D eigenvalue weighted by molar-refractivity contribution is -0.115. The minimum Gasteiger partial charge on any atom is -0.443 e. The van der Waals surface area contributed by atoms with E-state index in [1.807, 2.05) is 35.9 Å². The molecule has 0 atom stereocenters. The van der Waals surface area contributed by atoms with E-state index in [9.17, 15) is 14.4 Å². The number of nitrogens with two attached hydrogens (primary N) is 1. The van der Waals surface area contributed by atoms with Crippen LogP contribution in [-0.4, -0.2) is 92.0 Å². The number of halogens is 1. The van der Waals surface area contributed by atoms with Crippen molar-refractivity contribution in [3.63, 3.8) is 0 Å². The molecule has 2 aliphatic rings. The van der Waals surface area contributed by atoms with Crippen LogP contribution in [0, 0.1) is 17.7 Å². The molecule has 0 radical (unpaired) electrons. The van der Waals surface area contributed by atoms with Crippen molar-refractivity contribution in [2.75, 3.05) is 50.3 Å². The normalized spacial score (nSPS) is 15.1. The first-order valence-corrected chi connectivity index (χ1v) is 17.8. The number of nitrogens with one attached hydrogen (secondary N) is 1. The van der Waals surface area contributed by atoms with Crippen LogP contribution >= 0.6 is 0 Å². The Balaban J connectivity index is 1.14. The van der Waals surface area contributed by atoms with Gasteiger partial charge in [-0.1, -0.05) is 37.0 Å². The maximum absolute atomic E-state index is 15.0. The van der Waals surface area contributed by atoms with Crippen molar-refractivity contribution in [3.8, 4) is 23.2 Å². The van der Waals surface area contributed by atoms with Gasteiger partial charge in [-0.3, -0.25) is 14.5 Å². The predicted octanol–water partition coefficient (Wildman–Crippen LogP) is 4.86. The van der Waals surface area contributed by atoms with E-state index in [1.165, 1.54) is 12.3 Å². The molecule has 1 fully saturated rings. The summed E-state index contributed by atoms with van der Waals surface area (Å²) in [5.74, 6) is 5.24. The topological polar surface area (TPSA) is 139 Å². The Morgan fingerprint density at radius 2 is 1.77 bits per heavy atom. The first kappa shape index (κ1) is 37.2. The second-order valence-corrected chi connectivity index (χ2v) is 14.3. The SMILES string of the molecule is CCN1CCN(Cc2ccc(NC(=O)Cc3cccc(C#Cc4cnc(N)nc4-c4cc5c(n4C)CCN(C(=O)OC(C)(C)C)C5=O)c3)cc2F)CC1. The summed E-state index contributed by atoms with van der Waals surface area (Å²) in [7, 11) is 1.83. The molecule has 0 saturated carbocycles. The van der Waals surface area contributed by atoms with Crippen molar-refractivity contribution in [1.82, 2.24) is 29.2 Å². The van der Waals surface area contributed by atoms with Crippen molar-refractivity contribution >= 4 is 29.5 Å². The number of nitrogen functional groups attached to an aromatic ring is 1. The van der Waals surface area contributed by atoms with Gasteiger partial charge in [-0.05, 0) is 63.2 Å². The van der Waals surface area contributed by atoms with Crippen LogP contribution in [0.5, 0.6) is 0 Å². The zero-order valence-corrected chi connectivity index (χ0v) is 30.8. The molecule has 0 unspecified atom stereocenters. The summed E-state index contributed by atoms with van der Waals surface area (Å²) in [5.41, 5.74) is 10.3. The number of ether oxygens (including phenoxy) is 1. The molecular weight excluding hydrogens is 675 g/mol. The fourth-order valence-electron chi connectivity index (χ4n) is 6.54. The molecule has 4 aromatic rings. The van der Waals surface area contributed by atoms with Gasteiger partial charge in [0.1, 0.15) is 17.1 Å². The number of aromatic nitrogens is 3. The lowest BCUT2D eigenvalue weighted by Gasteiger charge is -2.34. The highest BCUT2D eigenvalue weighted by molar-refractivity contribution is 6.05. The number of rotatable bonds is 7. The van der Waals surface area contributed by atoms with Crippen LogP contribution in [0.25, 0.3) is 11.4 Å². The molecule has 1 saturated heterocycles.